The highest BCUT2D eigenvalue weighted by molar-refractivity contribution is 5.50. The van der Waals surface area contributed by atoms with E-state index in [2.05, 4.69) is 45.1 Å². The van der Waals surface area contributed by atoms with Gasteiger partial charge in [-0.1, -0.05) is 31.9 Å². The molecule has 2 nitrogen and oxygen atoms in total. The molecule has 0 fully saturated rings. The largest absolute Gasteiger partial charge is 0.341 e. The smallest absolute Gasteiger partial charge is 0.309 e. The maximum Gasteiger partial charge on any atom is 0.309 e. The minimum Gasteiger partial charge on any atom is -0.341 e. The zero-order valence-corrected chi connectivity index (χ0v) is 11.3. The molecule has 1 rings (SSSR count). The van der Waals surface area contributed by atoms with E-state index in [1.807, 2.05) is 6.41 Å². The summed E-state index contributed by atoms with van der Waals surface area (Å²) in [5.74, 6) is 0. The van der Waals surface area contributed by atoms with E-state index in [9.17, 15) is 4.79 Å². The summed E-state index contributed by atoms with van der Waals surface area (Å²) in [5, 5.41) is 2.82. The number of hydrogen-bond donors (Lipinski definition) is 1. The molecule has 0 heterocycles. The molecular weight excluding hydrogens is 210 g/mol. The Morgan fingerprint density at radius 3 is 2.53 bits per heavy atom. The van der Waals surface area contributed by atoms with Crippen molar-refractivity contribution in [2.45, 2.75) is 53.0 Å². The molecule has 1 amide bonds. The van der Waals surface area contributed by atoms with Crippen molar-refractivity contribution >= 4 is 6.41 Å². The van der Waals surface area contributed by atoms with Crippen molar-refractivity contribution in [2.24, 2.45) is 0 Å². The lowest BCUT2D eigenvalue weighted by molar-refractivity contribution is 0.499. The lowest BCUT2D eigenvalue weighted by atomic mass is 9.92. The van der Waals surface area contributed by atoms with E-state index < -0.39 is 0 Å². The predicted molar refractivity (Wildman–Crippen MR) is 71.7 cm³/mol. The molecule has 1 aromatic rings. The van der Waals surface area contributed by atoms with E-state index in [0.29, 0.717) is 0 Å². The average Bonchev–Trinajstić information content (AvgIpc) is 2.32. The average molecular weight is 232 g/mol. The van der Waals surface area contributed by atoms with Crippen LogP contribution in [0.15, 0.2) is 12.1 Å². The van der Waals surface area contributed by atoms with E-state index in [-0.39, 0.29) is 6.04 Å². The first-order valence-electron chi connectivity index (χ1n) is 6.31. The normalized spacial score (nSPS) is 12.2. The molecule has 0 aromatic heterocycles. The van der Waals surface area contributed by atoms with Gasteiger partial charge in [-0.2, -0.15) is 0 Å². The van der Waals surface area contributed by atoms with Gasteiger partial charge in [0.25, 0.3) is 0 Å². The van der Waals surface area contributed by atoms with Gasteiger partial charge in [0.1, 0.15) is 0 Å². The molecule has 0 aliphatic carbocycles. The number of carbonyl (C=O) groups excluding carboxylic acids is 1. The summed E-state index contributed by atoms with van der Waals surface area (Å²) < 4.78 is 0. The maximum atomic E-state index is 10.6. The summed E-state index contributed by atoms with van der Waals surface area (Å²) in [4.78, 5) is 10.6. The summed E-state index contributed by atoms with van der Waals surface area (Å²) in [6, 6.07) is 4.36. The number of benzene rings is 1. The Hall–Kier alpha value is -1.31. The minimum atomic E-state index is 0.103. The van der Waals surface area contributed by atoms with E-state index in [1.165, 1.54) is 22.3 Å². The second kappa shape index (κ2) is 6.43. The van der Waals surface area contributed by atoms with Crippen LogP contribution in [-0.4, -0.2) is 6.41 Å². The van der Waals surface area contributed by atoms with Crippen molar-refractivity contribution in [3.63, 3.8) is 0 Å². The lowest BCUT2D eigenvalue weighted by Gasteiger charge is -2.20. The zero-order chi connectivity index (χ0) is 12.8. The first-order valence-corrected chi connectivity index (χ1v) is 6.31. The highest BCUT2D eigenvalue weighted by Crippen LogP contribution is 2.26. The monoisotopic (exact) mass is 232 g/mol. The Morgan fingerprint density at radius 1 is 1.24 bits per heavy atom. The van der Waals surface area contributed by atoms with Crippen LogP contribution in [0, 0.1) is 20.8 Å². The number of unbranched alkanes of at least 4 members (excludes halogenated alkanes) is 1. The van der Waals surface area contributed by atoms with Gasteiger partial charge in [-0.15, -0.1) is 0 Å². The van der Waals surface area contributed by atoms with Gasteiger partial charge in [-0.05, 0) is 49.4 Å². The van der Waals surface area contributed by atoms with Crippen LogP contribution in [0.1, 0.15) is 54.5 Å². The van der Waals surface area contributed by atoms with Crippen LogP contribution in [0.3, 0.4) is 0 Å². The van der Waals surface area contributed by atoms with Crippen LogP contribution >= 0.6 is 0 Å². The number of rotatable bonds is 6. The topological polar surface area (TPSA) is 29.1 Å². The number of amides is 1. The molecule has 17 heavy (non-hydrogen) atoms. The third-order valence-electron chi connectivity index (χ3n) is 3.55. The molecule has 0 bridgehead atoms. The minimum absolute atomic E-state index is 0.103. The molecule has 1 unspecified atom stereocenters. The van der Waals surface area contributed by atoms with Gasteiger partial charge in [0, 0.05) is 0 Å². The van der Waals surface area contributed by atoms with Crippen LogP contribution in [0.4, 0.5) is 0 Å². The Morgan fingerprint density at radius 2 is 1.94 bits per heavy atom. The predicted octanol–water partition coefficient (Wildman–Crippen LogP) is 3.50. The van der Waals surface area contributed by atoms with Crippen molar-refractivity contribution in [1.82, 2.24) is 5.32 Å². The van der Waals surface area contributed by atoms with Crippen LogP contribution in [0.5, 0.6) is 0 Å². The maximum absolute atomic E-state index is 10.6. The standard InChI is InChI=1S/C15H22NO/c1-5-6-7-15(16-10-17)14-9-8-11(2)12(3)13(14)4/h8-9,15H,5-7H2,1-4H3,(H,16,17). The van der Waals surface area contributed by atoms with Gasteiger partial charge in [0.05, 0.1) is 6.04 Å². The first kappa shape index (κ1) is 13.8. The third kappa shape index (κ3) is 3.32. The number of aryl methyl sites for hydroxylation is 1. The third-order valence-corrected chi connectivity index (χ3v) is 3.55. The Balaban J connectivity index is 3.00. The van der Waals surface area contributed by atoms with Gasteiger partial charge in [-0.3, -0.25) is 4.79 Å². The lowest BCUT2D eigenvalue weighted by Crippen LogP contribution is -2.20. The first-order chi connectivity index (χ1) is 8.11. The second-order valence-corrected chi connectivity index (χ2v) is 4.66. The summed E-state index contributed by atoms with van der Waals surface area (Å²) in [7, 11) is 0. The van der Waals surface area contributed by atoms with E-state index in [1.54, 1.807) is 0 Å². The molecule has 0 aliphatic rings. The van der Waals surface area contributed by atoms with Gasteiger partial charge in [0.15, 0.2) is 0 Å². The van der Waals surface area contributed by atoms with Gasteiger partial charge in [0.2, 0.25) is 0 Å². The summed E-state index contributed by atoms with van der Waals surface area (Å²) >= 11 is 0. The van der Waals surface area contributed by atoms with Crippen LogP contribution in [0.25, 0.3) is 0 Å². The van der Waals surface area contributed by atoms with Crippen LogP contribution in [0.2, 0.25) is 0 Å². The number of hydrogen-bond acceptors (Lipinski definition) is 1. The molecule has 93 valence electrons. The highest BCUT2D eigenvalue weighted by Gasteiger charge is 2.14. The molecule has 1 N–H and O–H groups in total. The SMILES string of the molecule is CCCCC(N[C]=O)c1ccc(C)c(C)c1C. The highest BCUT2D eigenvalue weighted by atomic mass is 16.1. The molecule has 0 saturated heterocycles. The summed E-state index contributed by atoms with van der Waals surface area (Å²) in [6.07, 6.45) is 5.07. The number of nitrogens with one attached hydrogen (secondary N) is 1. The fourth-order valence-electron chi connectivity index (χ4n) is 2.14. The summed E-state index contributed by atoms with van der Waals surface area (Å²) in [6.45, 7) is 8.54. The fourth-order valence-corrected chi connectivity index (χ4v) is 2.14. The zero-order valence-electron chi connectivity index (χ0n) is 11.3. The molecule has 1 radical (unpaired) electrons. The molecule has 0 aliphatic heterocycles. The molecule has 0 saturated carbocycles. The molecule has 0 spiro atoms. The Bertz CT molecular complexity index is 385. The van der Waals surface area contributed by atoms with E-state index in [0.717, 1.165) is 19.3 Å². The van der Waals surface area contributed by atoms with Crippen molar-refractivity contribution < 1.29 is 4.79 Å². The van der Waals surface area contributed by atoms with Crippen LogP contribution < -0.4 is 5.32 Å². The molecular formula is C15H22NO. The van der Waals surface area contributed by atoms with Crippen molar-refractivity contribution in [1.29, 1.82) is 0 Å². The van der Waals surface area contributed by atoms with Gasteiger partial charge in [-0.25, -0.2) is 0 Å². The summed E-state index contributed by atoms with van der Waals surface area (Å²) in [5.41, 5.74) is 5.13. The fraction of sp³-hybridized carbons (Fsp3) is 0.533. The van der Waals surface area contributed by atoms with Crippen molar-refractivity contribution in [3.8, 4) is 0 Å². The Kier molecular flexibility index (Phi) is 5.20. The van der Waals surface area contributed by atoms with Gasteiger partial charge >= 0.3 is 6.41 Å². The quantitative estimate of drug-likeness (QED) is 0.747. The second-order valence-electron chi connectivity index (χ2n) is 4.66. The van der Waals surface area contributed by atoms with E-state index in [4.69, 9.17) is 0 Å². The van der Waals surface area contributed by atoms with Crippen molar-refractivity contribution in [3.05, 3.63) is 34.4 Å². The van der Waals surface area contributed by atoms with E-state index >= 15 is 0 Å². The van der Waals surface area contributed by atoms with Crippen molar-refractivity contribution in [2.75, 3.05) is 0 Å². The molecule has 2 heteroatoms. The molecule has 1 atom stereocenters. The molecule has 1 aromatic carbocycles. The Labute approximate surface area is 104 Å². The van der Waals surface area contributed by atoms with Crippen LogP contribution in [-0.2, 0) is 4.79 Å². The van der Waals surface area contributed by atoms with Gasteiger partial charge < -0.3 is 5.32 Å².